The van der Waals surface area contributed by atoms with E-state index in [9.17, 15) is 4.79 Å². The minimum absolute atomic E-state index is 0.0705. The van der Waals surface area contributed by atoms with Gasteiger partial charge in [-0.15, -0.1) is 0 Å². The molecule has 0 spiro atoms. The number of aromatic nitrogens is 3. The standard InChI is InChI=1S/C25H30N4O3/c1-25(2)11-10-20(32-25)14-31-19-5-3-4-16(12-19)21-13-29(17-6-8-18(30)9-7-17)24-22(21)23(26)27-15-28-24/h3-5,12-13,15,17,20H,6-11,14H2,1-2H3,(H2,26,27,28). The summed E-state index contributed by atoms with van der Waals surface area (Å²) in [4.78, 5) is 20.5. The Morgan fingerprint density at radius 1 is 1.22 bits per heavy atom. The van der Waals surface area contributed by atoms with E-state index in [-0.39, 0.29) is 17.7 Å². The largest absolute Gasteiger partial charge is 0.491 e. The zero-order valence-electron chi connectivity index (χ0n) is 18.7. The lowest BCUT2D eigenvalue weighted by Gasteiger charge is -2.23. The Bertz CT molecular complexity index is 1140. The minimum Gasteiger partial charge on any atom is -0.491 e. The lowest BCUT2D eigenvalue weighted by Crippen LogP contribution is -2.23. The zero-order chi connectivity index (χ0) is 22.3. The fraction of sp³-hybridized carbons (Fsp3) is 0.480. The van der Waals surface area contributed by atoms with Crippen LogP contribution in [0.1, 0.15) is 58.4 Å². The van der Waals surface area contributed by atoms with Gasteiger partial charge in [0.05, 0.1) is 17.1 Å². The lowest BCUT2D eigenvalue weighted by atomic mass is 9.94. The van der Waals surface area contributed by atoms with Gasteiger partial charge in [0.15, 0.2) is 0 Å². The van der Waals surface area contributed by atoms with Crippen LogP contribution >= 0.6 is 0 Å². The Morgan fingerprint density at radius 2 is 2.03 bits per heavy atom. The minimum atomic E-state index is -0.0705. The van der Waals surface area contributed by atoms with E-state index in [0.29, 0.717) is 31.0 Å². The Balaban J connectivity index is 1.44. The average molecular weight is 435 g/mol. The van der Waals surface area contributed by atoms with Crippen molar-refractivity contribution in [1.29, 1.82) is 0 Å². The summed E-state index contributed by atoms with van der Waals surface area (Å²) in [6.45, 7) is 4.78. The van der Waals surface area contributed by atoms with Crippen molar-refractivity contribution < 1.29 is 14.3 Å². The first kappa shape index (κ1) is 20.9. The number of carbonyl (C=O) groups excluding carboxylic acids is 1. The number of fused-ring (bicyclic) bond motifs is 1. The van der Waals surface area contributed by atoms with Crippen LogP contribution in [-0.2, 0) is 9.53 Å². The number of rotatable bonds is 5. The van der Waals surface area contributed by atoms with Crippen molar-refractivity contribution >= 4 is 22.6 Å². The Hall–Kier alpha value is -2.93. The summed E-state index contributed by atoms with van der Waals surface area (Å²) >= 11 is 0. The van der Waals surface area contributed by atoms with Crippen LogP contribution in [-0.4, -0.2) is 38.6 Å². The number of hydrogen-bond donors (Lipinski definition) is 1. The van der Waals surface area contributed by atoms with Gasteiger partial charge in [0.1, 0.15) is 35.9 Å². The molecule has 0 bridgehead atoms. The summed E-state index contributed by atoms with van der Waals surface area (Å²) in [6, 6.07) is 8.29. The van der Waals surface area contributed by atoms with Crippen molar-refractivity contribution in [2.45, 2.75) is 70.1 Å². The van der Waals surface area contributed by atoms with E-state index in [1.807, 2.05) is 18.2 Å². The van der Waals surface area contributed by atoms with E-state index in [1.54, 1.807) is 0 Å². The molecule has 2 fully saturated rings. The fourth-order valence-electron chi connectivity index (χ4n) is 4.95. The molecule has 168 valence electrons. The smallest absolute Gasteiger partial charge is 0.146 e. The zero-order valence-corrected chi connectivity index (χ0v) is 18.7. The first-order valence-corrected chi connectivity index (χ1v) is 11.4. The maximum Gasteiger partial charge on any atom is 0.146 e. The summed E-state index contributed by atoms with van der Waals surface area (Å²) in [5.74, 6) is 1.60. The molecule has 0 amide bonds. The number of nitrogen functional groups attached to an aromatic ring is 1. The molecule has 3 heterocycles. The van der Waals surface area contributed by atoms with Crippen LogP contribution in [0.4, 0.5) is 5.82 Å². The van der Waals surface area contributed by atoms with Crippen LogP contribution in [0.5, 0.6) is 5.75 Å². The molecule has 0 radical (unpaired) electrons. The van der Waals surface area contributed by atoms with Gasteiger partial charge in [0.2, 0.25) is 0 Å². The normalized spacial score (nSPS) is 21.3. The topological polar surface area (TPSA) is 92.3 Å². The summed E-state index contributed by atoms with van der Waals surface area (Å²) in [5, 5.41) is 0.849. The molecule has 1 aromatic carbocycles. The molecule has 1 saturated carbocycles. The molecule has 5 rings (SSSR count). The van der Waals surface area contributed by atoms with E-state index in [1.165, 1.54) is 6.33 Å². The van der Waals surface area contributed by atoms with Crippen molar-refractivity contribution in [3.05, 3.63) is 36.8 Å². The number of ketones is 1. The van der Waals surface area contributed by atoms with Gasteiger partial charge in [-0.25, -0.2) is 9.97 Å². The van der Waals surface area contributed by atoms with Gasteiger partial charge < -0.3 is 19.8 Å². The number of hydrogen-bond acceptors (Lipinski definition) is 6. The molecule has 1 aliphatic carbocycles. The SMILES string of the molecule is CC1(C)CCC(COc2cccc(-c3cn(C4CCC(=O)CC4)c4ncnc(N)c34)c2)O1. The molecule has 1 atom stereocenters. The molecule has 2 N–H and O–H groups in total. The summed E-state index contributed by atoms with van der Waals surface area (Å²) in [5.41, 5.74) is 9.04. The first-order chi connectivity index (χ1) is 15.4. The number of ether oxygens (including phenoxy) is 2. The molecule has 1 saturated heterocycles. The molecular formula is C25H30N4O3. The highest BCUT2D eigenvalue weighted by molar-refractivity contribution is 6.00. The van der Waals surface area contributed by atoms with E-state index in [2.05, 4.69) is 40.6 Å². The van der Waals surface area contributed by atoms with Crippen molar-refractivity contribution in [2.75, 3.05) is 12.3 Å². The van der Waals surface area contributed by atoms with Gasteiger partial charge in [-0.05, 0) is 57.2 Å². The number of Topliss-reactive ketones (excluding diaryl/α,β-unsaturated/α-hetero) is 1. The maximum atomic E-state index is 11.7. The molecule has 2 aliphatic rings. The van der Waals surface area contributed by atoms with E-state index in [4.69, 9.17) is 15.2 Å². The second-order valence-corrected chi connectivity index (χ2v) is 9.55. The third kappa shape index (κ3) is 4.09. The highest BCUT2D eigenvalue weighted by atomic mass is 16.6. The van der Waals surface area contributed by atoms with Crippen LogP contribution in [0, 0.1) is 0 Å². The van der Waals surface area contributed by atoms with Gasteiger partial charge in [-0.2, -0.15) is 0 Å². The number of nitrogens with two attached hydrogens (primary N) is 1. The molecule has 1 unspecified atom stereocenters. The van der Waals surface area contributed by atoms with Crippen molar-refractivity contribution in [1.82, 2.24) is 14.5 Å². The summed E-state index contributed by atoms with van der Waals surface area (Å²) in [7, 11) is 0. The third-order valence-electron chi connectivity index (χ3n) is 6.68. The quantitative estimate of drug-likeness (QED) is 0.626. The monoisotopic (exact) mass is 434 g/mol. The van der Waals surface area contributed by atoms with Gasteiger partial charge >= 0.3 is 0 Å². The summed E-state index contributed by atoms with van der Waals surface area (Å²) < 4.78 is 14.3. The molecule has 7 nitrogen and oxygen atoms in total. The van der Waals surface area contributed by atoms with Gasteiger partial charge in [0, 0.05) is 30.6 Å². The molecule has 3 aromatic rings. The molecular weight excluding hydrogens is 404 g/mol. The lowest BCUT2D eigenvalue weighted by molar-refractivity contribution is -0.120. The highest BCUT2D eigenvalue weighted by Gasteiger charge is 2.32. The number of carbonyl (C=O) groups is 1. The van der Waals surface area contributed by atoms with E-state index in [0.717, 1.165) is 53.6 Å². The molecule has 1 aliphatic heterocycles. The molecule has 32 heavy (non-hydrogen) atoms. The fourth-order valence-corrected chi connectivity index (χ4v) is 4.95. The van der Waals surface area contributed by atoms with Gasteiger partial charge in [-0.1, -0.05) is 12.1 Å². The number of nitrogens with zero attached hydrogens (tertiary/aromatic N) is 3. The second-order valence-electron chi connectivity index (χ2n) is 9.55. The van der Waals surface area contributed by atoms with Crippen molar-refractivity contribution in [3.63, 3.8) is 0 Å². The number of anilines is 1. The Morgan fingerprint density at radius 3 is 2.78 bits per heavy atom. The predicted molar refractivity (Wildman–Crippen MR) is 124 cm³/mol. The van der Waals surface area contributed by atoms with Crippen LogP contribution in [0.3, 0.4) is 0 Å². The van der Waals surface area contributed by atoms with E-state index >= 15 is 0 Å². The average Bonchev–Trinajstić information content (AvgIpc) is 3.34. The van der Waals surface area contributed by atoms with Crippen LogP contribution in [0.2, 0.25) is 0 Å². The van der Waals surface area contributed by atoms with E-state index < -0.39 is 0 Å². The van der Waals surface area contributed by atoms with Crippen LogP contribution in [0.25, 0.3) is 22.2 Å². The Labute approximate surface area is 187 Å². The van der Waals surface area contributed by atoms with Crippen LogP contribution in [0.15, 0.2) is 36.8 Å². The third-order valence-corrected chi connectivity index (χ3v) is 6.68. The Kier molecular flexibility index (Phi) is 5.37. The maximum absolute atomic E-state index is 11.7. The first-order valence-electron chi connectivity index (χ1n) is 11.4. The second kappa shape index (κ2) is 8.20. The number of benzene rings is 1. The van der Waals surface area contributed by atoms with Crippen molar-refractivity contribution in [2.24, 2.45) is 0 Å². The molecule has 2 aromatic heterocycles. The molecule has 7 heteroatoms. The van der Waals surface area contributed by atoms with Crippen molar-refractivity contribution in [3.8, 4) is 16.9 Å². The van der Waals surface area contributed by atoms with Gasteiger partial charge in [0.25, 0.3) is 0 Å². The highest BCUT2D eigenvalue weighted by Crippen LogP contribution is 2.38. The van der Waals surface area contributed by atoms with Gasteiger partial charge in [-0.3, -0.25) is 4.79 Å². The summed E-state index contributed by atoms with van der Waals surface area (Å²) in [6.07, 6.45) is 8.68. The predicted octanol–water partition coefficient (Wildman–Crippen LogP) is 4.70. The van der Waals surface area contributed by atoms with Crippen LogP contribution < -0.4 is 10.5 Å².